The number of rotatable bonds is 5. The Hall–Kier alpha value is -1.00. The second kappa shape index (κ2) is 6.96. The number of hydrogen-bond acceptors (Lipinski definition) is 3. The highest BCUT2D eigenvalue weighted by Gasteiger charge is 2.25. The fourth-order valence-corrected chi connectivity index (χ4v) is 3.30. The first kappa shape index (κ1) is 14.4. The van der Waals surface area contributed by atoms with Crippen LogP contribution < -0.4 is 0 Å². The molecule has 1 saturated heterocycles. The maximum Gasteiger partial charge on any atom is 0.307 e. The van der Waals surface area contributed by atoms with Crippen LogP contribution in [0.4, 0.5) is 0 Å². The third kappa shape index (κ3) is 4.25. The van der Waals surface area contributed by atoms with E-state index in [4.69, 9.17) is 5.11 Å². The van der Waals surface area contributed by atoms with Gasteiger partial charge in [0.05, 0.1) is 5.92 Å². The third-order valence-electron chi connectivity index (χ3n) is 3.47. The first-order chi connectivity index (χ1) is 9.19. The average Bonchev–Trinajstić information content (AvgIpc) is 2.40. The van der Waals surface area contributed by atoms with Crippen molar-refractivity contribution >= 4 is 17.7 Å². The van der Waals surface area contributed by atoms with Crippen LogP contribution in [0.5, 0.6) is 0 Å². The van der Waals surface area contributed by atoms with Gasteiger partial charge >= 0.3 is 5.97 Å². The Bertz CT molecular complexity index is 436. The lowest BCUT2D eigenvalue weighted by atomic mass is 9.98. The normalized spacial score (nSPS) is 20.4. The maximum atomic E-state index is 11.1. The number of piperidine rings is 1. The molecule has 1 aromatic rings. The Morgan fingerprint density at radius 1 is 1.53 bits per heavy atom. The second-order valence-electron chi connectivity index (χ2n) is 4.99. The van der Waals surface area contributed by atoms with E-state index in [0.717, 1.165) is 31.7 Å². The van der Waals surface area contributed by atoms with Gasteiger partial charge < -0.3 is 5.11 Å². The number of benzene rings is 1. The van der Waals surface area contributed by atoms with E-state index < -0.39 is 5.97 Å². The number of nitrogens with zero attached hydrogens (tertiary/aromatic N) is 1. The summed E-state index contributed by atoms with van der Waals surface area (Å²) in [6.07, 6.45) is 1.80. The molecule has 1 aliphatic heterocycles. The first-order valence-corrected chi connectivity index (χ1v) is 7.84. The Labute approximate surface area is 119 Å². The Balaban J connectivity index is 1.96. The van der Waals surface area contributed by atoms with Crippen molar-refractivity contribution in [2.45, 2.75) is 31.2 Å². The molecule has 1 N–H and O–H groups in total. The molecule has 0 aliphatic carbocycles. The maximum absolute atomic E-state index is 11.1. The van der Waals surface area contributed by atoms with Crippen LogP contribution in [0.1, 0.15) is 25.3 Å². The average molecular weight is 279 g/mol. The minimum Gasteiger partial charge on any atom is -0.481 e. The predicted molar refractivity (Wildman–Crippen MR) is 78.5 cm³/mol. The largest absolute Gasteiger partial charge is 0.481 e. The van der Waals surface area contributed by atoms with Crippen LogP contribution in [0, 0.1) is 5.92 Å². The molecule has 19 heavy (non-hydrogen) atoms. The van der Waals surface area contributed by atoms with Gasteiger partial charge in [-0.15, -0.1) is 11.8 Å². The minimum absolute atomic E-state index is 0.193. The molecule has 3 nitrogen and oxygen atoms in total. The van der Waals surface area contributed by atoms with E-state index in [1.54, 1.807) is 0 Å². The quantitative estimate of drug-likeness (QED) is 0.841. The zero-order chi connectivity index (χ0) is 13.7. The monoisotopic (exact) mass is 279 g/mol. The fourth-order valence-electron chi connectivity index (χ4n) is 2.56. The molecular weight excluding hydrogens is 258 g/mol. The summed E-state index contributed by atoms with van der Waals surface area (Å²) < 4.78 is 0. The summed E-state index contributed by atoms with van der Waals surface area (Å²) in [4.78, 5) is 14.6. The number of thioether (sulfide) groups is 1. The van der Waals surface area contributed by atoms with Gasteiger partial charge in [-0.1, -0.05) is 19.1 Å². The van der Waals surface area contributed by atoms with Gasteiger partial charge in [0.1, 0.15) is 0 Å². The van der Waals surface area contributed by atoms with E-state index in [-0.39, 0.29) is 5.92 Å². The predicted octanol–water partition coefficient (Wildman–Crippen LogP) is 3.10. The van der Waals surface area contributed by atoms with E-state index in [9.17, 15) is 4.79 Å². The summed E-state index contributed by atoms with van der Waals surface area (Å²) in [5, 5.41) is 9.11. The molecule has 1 aromatic carbocycles. The summed E-state index contributed by atoms with van der Waals surface area (Å²) in [6, 6.07) is 8.57. The van der Waals surface area contributed by atoms with E-state index in [1.807, 2.05) is 11.8 Å². The van der Waals surface area contributed by atoms with Gasteiger partial charge in [0, 0.05) is 18.0 Å². The minimum atomic E-state index is -0.653. The molecule has 0 saturated carbocycles. The Kier molecular flexibility index (Phi) is 5.28. The van der Waals surface area contributed by atoms with Gasteiger partial charge in [0.25, 0.3) is 0 Å². The van der Waals surface area contributed by atoms with Crippen molar-refractivity contribution in [1.29, 1.82) is 0 Å². The lowest BCUT2D eigenvalue weighted by Gasteiger charge is -2.30. The van der Waals surface area contributed by atoms with Crippen molar-refractivity contribution in [3.8, 4) is 0 Å². The van der Waals surface area contributed by atoms with Crippen molar-refractivity contribution in [2.75, 3.05) is 18.8 Å². The number of carboxylic acid groups (broad SMARTS) is 1. The van der Waals surface area contributed by atoms with Crippen LogP contribution >= 0.6 is 11.8 Å². The van der Waals surface area contributed by atoms with Crippen molar-refractivity contribution in [3.05, 3.63) is 29.8 Å². The standard InChI is InChI=1S/C15H21NO2S/c1-2-19-14-7-3-5-12(9-14)10-16-8-4-6-13(11-16)15(17)18/h3,5,7,9,13H,2,4,6,8,10-11H2,1H3,(H,17,18). The smallest absolute Gasteiger partial charge is 0.307 e. The summed E-state index contributed by atoms with van der Waals surface area (Å²) in [6.45, 7) is 4.71. The zero-order valence-electron chi connectivity index (χ0n) is 11.3. The number of hydrogen-bond donors (Lipinski definition) is 1. The second-order valence-corrected chi connectivity index (χ2v) is 6.33. The molecule has 0 spiro atoms. The lowest BCUT2D eigenvalue weighted by molar-refractivity contribution is -0.143. The molecule has 1 aliphatic rings. The summed E-state index contributed by atoms with van der Waals surface area (Å²) >= 11 is 1.84. The van der Waals surface area contributed by atoms with E-state index in [1.165, 1.54) is 10.5 Å². The number of carbonyl (C=O) groups is 1. The van der Waals surface area contributed by atoms with Gasteiger partial charge in [0.15, 0.2) is 0 Å². The molecule has 4 heteroatoms. The van der Waals surface area contributed by atoms with E-state index >= 15 is 0 Å². The summed E-state index contributed by atoms with van der Waals surface area (Å²) in [5.74, 6) is 0.232. The molecule has 2 rings (SSSR count). The molecule has 1 unspecified atom stereocenters. The van der Waals surface area contributed by atoms with Crippen LogP contribution in [-0.4, -0.2) is 34.8 Å². The van der Waals surface area contributed by atoms with E-state index in [2.05, 4.69) is 36.1 Å². The van der Waals surface area contributed by atoms with Gasteiger partial charge in [-0.25, -0.2) is 0 Å². The molecule has 0 bridgehead atoms. The molecule has 0 amide bonds. The van der Waals surface area contributed by atoms with Gasteiger partial charge in [0.2, 0.25) is 0 Å². The van der Waals surface area contributed by atoms with Gasteiger partial charge in [-0.2, -0.15) is 0 Å². The molecule has 1 atom stereocenters. The number of aliphatic carboxylic acids is 1. The highest BCUT2D eigenvalue weighted by molar-refractivity contribution is 7.99. The van der Waals surface area contributed by atoms with Crippen molar-refractivity contribution in [3.63, 3.8) is 0 Å². The van der Waals surface area contributed by atoms with Crippen LogP contribution in [0.25, 0.3) is 0 Å². The van der Waals surface area contributed by atoms with E-state index in [0.29, 0.717) is 6.54 Å². The number of likely N-dealkylation sites (tertiary alicyclic amines) is 1. The SMILES string of the molecule is CCSc1cccc(CN2CCCC(C(=O)O)C2)c1. The van der Waals surface area contributed by atoms with Gasteiger partial charge in [-0.05, 0) is 42.8 Å². The highest BCUT2D eigenvalue weighted by atomic mass is 32.2. The van der Waals surface area contributed by atoms with Crippen molar-refractivity contribution in [1.82, 2.24) is 4.90 Å². The fraction of sp³-hybridized carbons (Fsp3) is 0.533. The Morgan fingerprint density at radius 3 is 3.11 bits per heavy atom. The molecular formula is C15H21NO2S. The van der Waals surface area contributed by atoms with Crippen LogP contribution in [-0.2, 0) is 11.3 Å². The van der Waals surface area contributed by atoms with Crippen molar-refractivity contribution in [2.24, 2.45) is 5.92 Å². The molecule has 104 valence electrons. The lowest BCUT2D eigenvalue weighted by Crippen LogP contribution is -2.38. The van der Waals surface area contributed by atoms with Crippen molar-refractivity contribution < 1.29 is 9.90 Å². The van der Waals surface area contributed by atoms with Crippen LogP contribution in [0.2, 0.25) is 0 Å². The highest BCUT2D eigenvalue weighted by Crippen LogP contribution is 2.22. The zero-order valence-corrected chi connectivity index (χ0v) is 12.2. The molecule has 0 radical (unpaired) electrons. The third-order valence-corrected chi connectivity index (χ3v) is 4.35. The molecule has 1 heterocycles. The topological polar surface area (TPSA) is 40.5 Å². The first-order valence-electron chi connectivity index (χ1n) is 6.86. The summed E-state index contributed by atoms with van der Waals surface area (Å²) in [5.41, 5.74) is 1.28. The van der Waals surface area contributed by atoms with Gasteiger partial charge in [-0.3, -0.25) is 9.69 Å². The summed E-state index contributed by atoms with van der Waals surface area (Å²) in [7, 11) is 0. The number of carboxylic acids is 1. The Morgan fingerprint density at radius 2 is 2.37 bits per heavy atom. The van der Waals surface area contributed by atoms with Crippen LogP contribution in [0.15, 0.2) is 29.2 Å². The molecule has 1 fully saturated rings. The van der Waals surface area contributed by atoms with Crippen LogP contribution in [0.3, 0.4) is 0 Å². The molecule has 0 aromatic heterocycles.